The van der Waals surface area contributed by atoms with Crippen LogP contribution in [0.2, 0.25) is 0 Å². The number of hydrogen-bond donors (Lipinski definition) is 0. The highest BCUT2D eigenvalue weighted by molar-refractivity contribution is 7.98. The van der Waals surface area contributed by atoms with Crippen LogP contribution in [0.1, 0.15) is 47.4 Å². The minimum absolute atomic E-state index is 0.268. The lowest BCUT2D eigenvalue weighted by Crippen LogP contribution is -2.05. The summed E-state index contributed by atoms with van der Waals surface area (Å²) in [5.74, 6) is 2.01. The number of thiazole rings is 1. The molecule has 2 aromatic heterocycles. The highest BCUT2D eigenvalue weighted by Crippen LogP contribution is 2.36. The van der Waals surface area contributed by atoms with Crippen LogP contribution in [0.15, 0.2) is 35.5 Å². The van der Waals surface area contributed by atoms with Gasteiger partial charge in [0.2, 0.25) is 0 Å². The summed E-state index contributed by atoms with van der Waals surface area (Å²) >= 11 is 3.37. The average molecular weight is 428 g/mol. The molecule has 4 rings (SSSR count). The molecule has 0 amide bonds. The fourth-order valence-corrected chi connectivity index (χ4v) is 5.45. The third kappa shape index (κ3) is 4.95. The Hall–Kier alpha value is -1.99. The number of aromatic nitrogens is 3. The van der Waals surface area contributed by atoms with E-state index < -0.39 is 0 Å². The van der Waals surface area contributed by atoms with Gasteiger partial charge in [-0.2, -0.15) is 0 Å². The summed E-state index contributed by atoms with van der Waals surface area (Å²) in [5, 5.41) is 1.16. The number of esters is 1. The molecule has 0 bridgehead atoms. The molecular formula is C22H25N3O2S2. The summed E-state index contributed by atoms with van der Waals surface area (Å²) < 4.78 is 6.16. The highest BCUT2D eigenvalue weighted by Gasteiger charge is 2.26. The topological polar surface area (TPSA) is 65.0 Å². The fourth-order valence-electron chi connectivity index (χ4n) is 4.01. The number of carbonyl (C=O) groups excluding carboxylic acids is 1. The van der Waals surface area contributed by atoms with E-state index >= 15 is 0 Å². The first-order valence-electron chi connectivity index (χ1n) is 10.1. The number of thioether (sulfide) groups is 1. The van der Waals surface area contributed by atoms with E-state index in [0.29, 0.717) is 24.0 Å². The molecule has 1 fully saturated rings. The molecule has 7 heteroatoms. The van der Waals surface area contributed by atoms with Gasteiger partial charge in [0.25, 0.3) is 0 Å². The lowest BCUT2D eigenvalue weighted by molar-refractivity contribution is 0.0526. The third-order valence-corrected chi connectivity index (χ3v) is 7.17. The second-order valence-corrected chi connectivity index (χ2v) is 9.50. The quantitative estimate of drug-likeness (QED) is 0.382. The predicted molar refractivity (Wildman–Crippen MR) is 118 cm³/mol. The Bertz CT molecular complexity index is 987. The van der Waals surface area contributed by atoms with Gasteiger partial charge in [-0.1, -0.05) is 0 Å². The zero-order chi connectivity index (χ0) is 20.2. The molecule has 0 spiro atoms. The number of rotatable bonds is 7. The summed E-state index contributed by atoms with van der Waals surface area (Å²) in [5.41, 5.74) is 1.57. The van der Waals surface area contributed by atoms with Gasteiger partial charge in [-0.25, -0.2) is 19.7 Å². The molecule has 1 aliphatic rings. The maximum atomic E-state index is 11.9. The predicted octanol–water partition coefficient (Wildman–Crippen LogP) is 5.19. The van der Waals surface area contributed by atoms with E-state index in [9.17, 15) is 4.79 Å². The number of fused-ring (bicyclic) bond motifs is 1. The third-order valence-electron chi connectivity index (χ3n) is 5.45. The van der Waals surface area contributed by atoms with Crippen molar-refractivity contribution >= 4 is 39.3 Å². The Morgan fingerprint density at radius 2 is 1.97 bits per heavy atom. The van der Waals surface area contributed by atoms with Crippen molar-refractivity contribution in [2.45, 2.75) is 43.9 Å². The van der Waals surface area contributed by atoms with Gasteiger partial charge < -0.3 is 4.74 Å². The maximum Gasteiger partial charge on any atom is 0.338 e. The van der Waals surface area contributed by atoms with E-state index in [-0.39, 0.29) is 5.97 Å². The van der Waals surface area contributed by atoms with Crippen LogP contribution in [-0.2, 0) is 17.6 Å². The van der Waals surface area contributed by atoms with Crippen LogP contribution >= 0.6 is 23.1 Å². The normalized spacial score (nSPS) is 19.0. The molecule has 0 unspecified atom stereocenters. The van der Waals surface area contributed by atoms with Crippen LogP contribution in [0.3, 0.4) is 0 Å². The molecule has 3 aromatic rings. The average Bonchev–Trinajstić information content (AvgIpc) is 3.34. The van der Waals surface area contributed by atoms with Gasteiger partial charge in [0, 0.05) is 30.1 Å². The molecule has 1 aromatic carbocycles. The summed E-state index contributed by atoms with van der Waals surface area (Å²) in [6, 6.07) is 5.63. The van der Waals surface area contributed by atoms with Crippen molar-refractivity contribution in [3.05, 3.63) is 47.0 Å². The molecular weight excluding hydrogens is 402 g/mol. The second kappa shape index (κ2) is 9.22. The lowest BCUT2D eigenvalue weighted by Gasteiger charge is -2.09. The largest absolute Gasteiger partial charge is 0.462 e. The van der Waals surface area contributed by atoms with Crippen LogP contribution in [0.25, 0.3) is 10.2 Å². The van der Waals surface area contributed by atoms with Crippen molar-refractivity contribution in [2.75, 3.05) is 12.9 Å². The molecule has 0 aliphatic heterocycles. The molecule has 29 heavy (non-hydrogen) atoms. The smallest absolute Gasteiger partial charge is 0.338 e. The number of nitrogens with zero attached hydrogens (tertiary/aromatic N) is 3. The zero-order valence-electron chi connectivity index (χ0n) is 16.8. The Morgan fingerprint density at radius 3 is 2.69 bits per heavy atom. The molecule has 1 aliphatic carbocycles. The van der Waals surface area contributed by atoms with Crippen molar-refractivity contribution in [1.29, 1.82) is 0 Å². The SMILES string of the molecule is CCOC(=O)c1ccc2nc(C[C@H]3CC[C@H](Cc4ncc(SC)cn4)C3)sc2c1. The number of carbonyl (C=O) groups is 1. The molecule has 152 valence electrons. The van der Waals surface area contributed by atoms with Crippen LogP contribution in [-0.4, -0.2) is 33.8 Å². The molecule has 2 atom stereocenters. The fraction of sp³-hybridized carbons (Fsp3) is 0.455. The highest BCUT2D eigenvalue weighted by atomic mass is 32.2. The van der Waals surface area contributed by atoms with E-state index in [2.05, 4.69) is 9.97 Å². The van der Waals surface area contributed by atoms with Gasteiger partial charge in [0.15, 0.2) is 0 Å². The molecule has 0 radical (unpaired) electrons. The van der Waals surface area contributed by atoms with E-state index in [1.807, 2.05) is 37.7 Å². The zero-order valence-corrected chi connectivity index (χ0v) is 18.4. The van der Waals surface area contributed by atoms with E-state index in [1.165, 1.54) is 19.3 Å². The first-order valence-corrected chi connectivity index (χ1v) is 12.1. The number of ether oxygens (including phenoxy) is 1. The molecule has 0 saturated heterocycles. The summed E-state index contributed by atoms with van der Waals surface area (Å²) in [6.45, 7) is 2.21. The van der Waals surface area contributed by atoms with Gasteiger partial charge in [-0.15, -0.1) is 23.1 Å². The van der Waals surface area contributed by atoms with E-state index in [0.717, 1.165) is 38.8 Å². The minimum atomic E-state index is -0.268. The first kappa shape index (κ1) is 20.3. The van der Waals surface area contributed by atoms with Crippen LogP contribution < -0.4 is 0 Å². The minimum Gasteiger partial charge on any atom is -0.462 e. The molecule has 5 nitrogen and oxygen atoms in total. The lowest BCUT2D eigenvalue weighted by atomic mass is 9.99. The summed E-state index contributed by atoms with van der Waals surface area (Å²) in [6.07, 6.45) is 11.5. The van der Waals surface area contributed by atoms with Crippen LogP contribution in [0.4, 0.5) is 0 Å². The van der Waals surface area contributed by atoms with Gasteiger partial charge in [-0.3, -0.25) is 0 Å². The first-order chi connectivity index (χ1) is 14.1. The van der Waals surface area contributed by atoms with E-state index in [4.69, 9.17) is 9.72 Å². The standard InChI is InChI=1S/C22H25N3O2S2/c1-3-27-22(26)16-6-7-18-19(11-16)29-21(25-18)10-15-5-4-14(8-15)9-20-23-12-17(28-2)13-24-20/h6-7,11-15H,3-5,8-10H2,1-2H3/t14-,15-/m0/s1. The van der Waals surface area contributed by atoms with Crippen LogP contribution in [0, 0.1) is 11.8 Å². The molecule has 2 heterocycles. The molecule has 0 N–H and O–H groups in total. The number of hydrogen-bond acceptors (Lipinski definition) is 7. The monoisotopic (exact) mass is 427 g/mol. The summed E-state index contributed by atoms with van der Waals surface area (Å²) in [4.78, 5) is 26.9. The van der Waals surface area contributed by atoms with Crippen LogP contribution in [0.5, 0.6) is 0 Å². The van der Waals surface area contributed by atoms with E-state index in [1.54, 1.807) is 29.2 Å². The van der Waals surface area contributed by atoms with Crippen molar-refractivity contribution < 1.29 is 9.53 Å². The Morgan fingerprint density at radius 1 is 1.21 bits per heavy atom. The van der Waals surface area contributed by atoms with Crippen molar-refractivity contribution in [3.63, 3.8) is 0 Å². The van der Waals surface area contributed by atoms with Gasteiger partial charge >= 0.3 is 5.97 Å². The van der Waals surface area contributed by atoms with Crippen molar-refractivity contribution in [3.8, 4) is 0 Å². The molecule has 1 saturated carbocycles. The van der Waals surface area contributed by atoms with Crippen molar-refractivity contribution in [1.82, 2.24) is 15.0 Å². The Kier molecular flexibility index (Phi) is 6.45. The Balaban J connectivity index is 1.36. The van der Waals surface area contributed by atoms with Gasteiger partial charge in [0.1, 0.15) is 5.82 Å². The van der Waals surface area contributed by atoms with Crippen molar-refractivity contribution in [2.24, 2.45) is 11.8 Å². The van der Waals surface area contributed by atoms with Gasteiger partial charge in [0.05, 0.1) is 27.4 Å². The summed E-state index contributed by atoms with van der Waals surface area (Å²) in [7, 11) is 0. The second-order valence-electron chi connectivity index (χ2n) is 7.50. The Labute approximate surface area is 179 Å². The number of benzene rings is 1. The maximum absolute atomic E-state index is 11.9. The van der Waals surface area contributed by atoms with Gasteiger partial charge in [-0.05, 0) is 62.5 Å².